The maximum Gasteiger partial charge on any atom is 0.251 e. The molecule has 7 nitrogen and oxygen atoms in total. The van der Waals surface area contributed by atoms with E-state index in [-0.39, 0.29) is 16.8 Å². The molecule has 0 radical (unpaired) electrons. The van der Waals surface area contributed by atoms with Crippen molar-refractivity contribution in [3.05, 3.63) is 65.7 Å². The summed E-state index contributed by atoms with van der Waals surface area (Å²) in [6.45, 7) is 3.65. The van der Waals surface area contributed by atoms with Crippen LogP contribution in [0.5, 0.6) is 0 Å². The first-order valence-electron chi connectivity index (χ1n) is 9.56. The van der Waals surface area contributed by atoms with Gasteiger partial charge in [-0.3, -0.25) is 9.69 Å². The minimum Gasteiger partial charge on any atom is -0.379 e. The number of ether oxygens (including phenoxy) is 1. The second kappa shape index (κ2) is 9.49. The van der Waals surface area contributed by atoms with E-state index < -0.39 is 10.0 Å². The highest BCUT2D eigenvalue weighted by atomic mass is 32.2. The summed E-state index contributed by atoms with van der Waals surface area (Å²) in [5.74, 6) is -0.303. The number of hydrogen-bond donors (Lipinski definition) is 1. The molecule has 2 aromatic carbocycles. The molecule has 29 heavy (non-hydrogen) atoms. The Hall–Kier alpha value is -2.26. The maximum atomic E-state index is 13.0. The summed E-state index contributed by atoms with van der Waals surface area (Å²) in [4.78, 5) is 15.3. The fourth-order valence-electron chi connectivity index (χ4n) is 3.21. The van der Waals surface area contributed by atoms with Gasteiger partial charge in [-0.2, -0.15) is 0 Å². The van der Waals surface area contributed by atoms with Gasteiger partial charge in [0, 0.05) is 39.3 Å². The maximum absolute atomic E-state index is 13.0. The van der Waals surface area contributed by atoms with Crippen molar-refractivity contribution in [2.45, 2.75) is 10.9 Å². The van der Waals surface area contributed by atoms with Crippen molar-refractivity contribution in [2.75, 3.05) is 46.9 Å². The first-order valence-corrected chi connectivity index (χ1v) is 11.0. The van der Waals surface area contributed by atoms with Crippen LogP contribution in [0.15, 0.2) is 59.5 Å². The molecule has 0 aromatic heterocycles. The largest absolute Gasteiger partial charge is 0.379 e. The molecule has 1 amide bonds. The van der Waals surface area contributed by atoms with E-state index in [1.165, 1.54) is 26.2 Å². The van der Waals surface area contributed by atoms with Crippen molar-refractivity contribution in [2.24, 2.45) is 0 Å². The number of amides is 1. The average molecular weight is 418 g/mol. The summed E-state index contributed by atoms with van der Waals surface area (Å²) >= 11 is 0. The minimum absolute atomic E-state index is 0.0968. The first kappa shape index (κ1) is 21.4. The summed E-state index contributed by atoms with van der Waals surface area (Å²) < 4.78 is 31.3. The lowest BCUT2D eigenvalue weighted by Crippen LogP contribution is -2.43. The van der Waals surface area contributed by atoms with Crippen molar-refractivity contribution >= 4 is 15.9 Å². The van der Waals surface area contributed by atoms with Gasteiger partial charge in [0.05, 0.1) is 24.2 Å². The lowest BCUT2D eigenvalue weighted by Gasteiger charge is -2.31. The third-order valence-electron chi connectivity index (χ3n) is 4.93. The Morgan fingerprint density at radius 2 is 1.79 bits per heavy atom. The van der Waals surface area contributed by atoms with E-state index in [9.17, 15) is 13.2 Å². The van der Waals surface area contributed by atoms with Crippen LogP contribution < -0.4 is 5.32 Å². The Kier molecular flexibility index (Phi) is 7.02. The Morgan fingerprint density at radius 1 is 1.10 bits per heavy atom. The van der Waals surface area contributed by atoms with E-state index in [4.69, 9.17) is 4.74 Å². The monoisotopic (exact) mass is 417 g/mol. The molecule has 1 atom stereocenters. The van der Waals surface area contributed by atoms with Crippen LogP contribution in [0.4, 0.5) is 0 Å². The van der Waals surface area contributed by atoms with Crippen LogP contribution in [0.1, 0.15) is 22.0 Å². The molecule has 1 heterocycles. The van der Waals surface area contributed by atoms with E-state index in [0.717, 1.165) is 23.0 Å². The number of benzene rings is 2. The highest BCUT2D eigenvalue weighted by Gasteiger charge is 2.22. The van der Waals surface area contributed by atoms with Gasteiger partial charge in [-0.15, -0.1) is 0 Å². The molecule has 1 aliphatic rings. The third kappa shape index (κ3) is 5.42. The second-order valence-corrected chi connectivity index (χ2v) is 9.32. The molecule has 1 saturated heterocycles. The lowest BCUT2D eigenvalue weighted by molar-refractivity contribution is 0.0332. The third-order valence-corrected chi connectivity index (χ3v) is 6.74. The Balaban J connectivity index is 1.81. The summed E-state index contributed by atoms with van der Waals surface area (Å²) in [5, 5.41) is 3.07. The smallest absolute Gasteiger partial charge is 0.251 e. The SMILES string of the molecule is CN(C)S(=O)(=O)c1cccc(C(=O)N[C@@H](CN2CCOCC2)c2ccccc2)c1. The number of nitrogens with zero attached hydrogens (tertiary/aromatic N) is 2. The number of sulfonamides is 1. The van der Waals surface area contributed by atoms with Crippen molar-refractivity contribution in [1.82, 2.24) is 14.5 Å². The summed E-state index contributed by atoms with van der Waals surface area (Å²) in [6, 6.07) is 15.7. The van der Waals surface area contributed by atoms with E-state index in [1.54, 1.807) is 12.1 Å². The van der Waals surface area contributed by atoms with Crippen molar-refractivity contribution < 1.29 is 17.9 Å². The molecule has 3 rings (SSSR count). The highest BCUT2D eigenvalue weighted by Crippen LogP contribution is 2.18. The molecular weight excluding hydrogens is 390 g/mol. The van der Waals surface area contributed by atoms with Crippen LogP contribution in [0, 0.1) is 0 Å². The van der Waals surface area contributed by atoms with Crippen LogP contribution in [-0.4, -0.2) is 70.5 Å². The zero-order valence-corrected chi connectivity index (χ0v) is 17.6. The normalized spacial score (nSPS) is 16.5. The molecule has 0 bridgehead atoms. The molecule has 1 N–H and O–H groups in total. The Labute approximate surface area is 172 Å². The zero-order valence-electron chi connectivity index (χ0n) is 16.7. The second-order valence-electron chi connectivity index (χ2n) is 7.16. The van der Waals surface area contributed by atoms with Crippen LogP contribution in [0.2, 0.25) is 0 Å². The summed E-state index contributed by atoms with van der Waals surface area (Å²) in [5.41, 5.74) is 1.32. The molecular formula is C21H27N3O4S. The molecule has 0 unspecified atom stereocenters. The minimum atomic E-state index is -3.61. The predicted octanol–water partition coefficient (Wildman–Crippen LogP) is 1.74. The van der Waals surface area contributed by atoms with Crippen LogP contribution >= 0.6 is 0 Å². The molecule has 0 saturated carbocycles. The number of morpholine rings is 1. The molecule has 8 heteroatoms. The van der Waals surface area contributed by atoms with Gasteiger partial charge < -0.3 is 10.1 Å². The van der Waals surface area contributed by atoms with Gasteiger partial charge in [0.1, 0.15) is 0 Å². The summed E-state index contributed by atoms with van der Waals surface area (Å²) in [6.07, 6.45) is 0. The standard InChI is InChI=1S/C21H27N3O4S/c1-23(2)29(26,27)19-10-6-9-18(15-19)21(25)22-20(17-7-4-3-5-8-17)16-24-11-13-28-14-12-24/h3-10,15,20H,11-14,16H2,1-2H3,(H,22,25)/t20-/m0/s1. The van der Waals surface area contributed by atoms with Crippen LogP contribution in [0.3, 0.4) is 0 Å². The number of carbonyl (C=O) groups excluding carboxylic acids is 1. The number of hydrogen-bond acceptors (Lipinski definition) is 5. The Bertz CT molecular complexity index is 926. The number of nitrogens with one attached hydrogen (secondary N) is 1. The molecule has 0 spiro atoms. The molecule has 1 aliphatic heterocycles. The van der Waals surface area contributed by atoms with Crippen molar-refractivity contribution in [1.29, 1.82) is 0 Å². The lowest BCUT2D eigenvalue weighted by atomic mass is 10.1. The molecule has 2 aromatic rings. The number of rotatable bonds is 7. The molecule has 1 fully saturated rings. The topological polar surface area (TPSA) is 79.0 Å². The number of carbonyl (C=O) groups is 1. The Morgan fingerprint density at radius 3 is 2.45 bits per heavy atom. The quantitative estimate of drug-likeness (QED) is 0.742. The van der Waals surface area contributed by atoms with Gasteiger partial charge in [0.2, 0.25) is 10.0 Å². The fraction of sp³-hybridized carbons (Fsp3) is 0.381. The molecule has 0 aliphatic carbocycles. The van der Waals surface area contributed by atoms with Gasteiger partial charge in [-0.25, -0.2) is 12.7 Å². The van der Waals surface area contributed by atoms with Gasteiger partial charge in [-0.1, -0.05) is 36.4 Å². The zero-order chi connectivity index (χ0) is 20.9. The van der Waals surface area contributed by atoms with Crippen LogP contribution in [-0.2, 0) is 14.8 Å². The summed E-state index contributed by atoms with van der Waals surface area (Å²) in [7, 11) is -0.669. The van der Waals surface area contributed by atoms with Crippen molar-refractivity contribution in [3.8, 4) is 0 Å². The van der Waals surface area contributed by atoms with E-state index in [1.807, 2.05) is 30.3 Å². The highest BCUT2D eigenvalue weighted by molar-refractivity contribution is 7.89. The van der Waals surface area contributed by atoms with Gasteiger partial charge in [-0.05, 0) is 23.8 Å². The van der Waals surface area contributed by atoms with Gasteiger partial charge in [0.15, 0.2) is 0 Å². The van der Waals surface area contributed by atoms with E-state index in [0.29, 0.717) is 25.3 Å². The predicted molar refractivity (Wildman–Crippen MR) is 111 cm³/mol. The van der Waals surface area contributed by atoms with Gasteiger partial charge in [0.25, 0.3) is 5.91 Å². The fourth-order valence-corrected chi connectivity index (χ4v) is 4.16. The van der Waals surface area contributed by atoms with E-state index in [2.05, 4.69) is 10.2 Å². The molecule has 156 valence electrons. The van der Waals surface area contributed by atoms with Crippen LogP contribution in [0.25, 0.3) is 0 Å². The first-order chi connectivity index (χ1) is 13.9. The van der Waals surface area contributed by atoms with E-state index >= 15 is 0 Å². The van der Waals surface area contributed by atoms with Crippen molar-refractivity contribution in [3.63, 3.8) is 0 Å². The average Bonchev–Trinajstić information content (AvgIpc) is 2.74. The van der Waals surface area contributed by atoms with Gasteiger partial charge >= 0.3 is 0 Å².